The van der Waals surface area contributed by atoms with Gasteiger partial charge in [0.25, 0.3) is 5.56 Å². The SMILES string of the molecule is CCc1cc2cccc(C#Cc3cncs3)c2c(=O)n1-c1ccccc1. The molecule has 126 valence electrons. The van der Waals surface area contributed by atoms with Gasteiger partial charge in [0.2, 0.25) is 0 Å². The van der Waals surface area contributed by atoms with Crippen molar-refractivity contribution in [1.29, 1.82) is 0 Å². The minimum Gasteiger partial charge on any atom is -0.281 e. The second kappa shape index (κ2) is 6.99. The van der Waals surface area contributed by atoms with Crippen LogP contribution in [0.1, 0.15) is 23.1 Å². The van der Waals surface area contributed by atoms with E-state index in [0.717, 1.165) is 33.6 Å². The van der Waals surface area contributed by atoms with E-state index in [0.29, 0.717) is 5.39 Å². The molecule has 3 nitrogen and oxygen atoms in total. The van der Waals surface area contributed by atoms with Gasteiger partial charge in [-0.15, -0.1) is 11.3 Å². The van der Waals surface area contributed by atoms with Gasteiger partial charge in [-0.1, -0.05) is 43.2 Å². The summed E-state index contributed by atoms with van der Waals surface area (Å²) in [6.07, 6.45) is 2.51. The number of nitrogens with zero attached hydrogens (tertiary/aromatic N) is 2. The number of benzene rings is 2. The zero-order chi connectivity index (χ0) is 17.9. The van der Waals surface area contributed by atoms with Crippen LogP contribution in [0.15, 0.2) is 71.1 Å². The summed E-state index contributed by atoms with van der Waals surface area (Å²) in [5.74, 6) is 6.26. The van der Waals surface area contributed by atoms with Gasteiger partial charge in [0, 0.05) is 16.9 Å². The van der Waals surface area contributed by atoms with Crippen LogP contribution in [-0.2, 0) is 6.42 Å². The molecule has 0 spiro atoms. The van der Waals surface area contributed by atoms with Gasteiger partial charge in [-0.05, 0) is 42.0 Å². The highest BCUT2D eigenvalue weighted by molar-refractivity contribution is 7.10. The lowest BCUT2D eigenvalue weighted by molar-refractivity contribution is 0.889. The number of aromatic nitrogens is 2. The van der Waals surface area contributed by atoms with Gasteiger partial charge < -0.3 is 0 Å². The minimum absolute atomic E-state index is 0.0280. The molecule has 0 bridgehead atoms. The second-order valence-electron chi connectivity index (χ2n) is 5.85. The van der Waals surface area contributed by atoms with Crippen LogP contribution in [0.25, 0.3) is 16.5 Å². The Balaban J connectivity index is 2.00. The molecule has 2 heterocycles. The average molecular weight is 356 g/mol. The van der Waals surface area contributed by atoms with E-state index in [1.165, 1.54) is 11.3 Å². The fraction of sp³-hybridized carbons (Fsp3) is 0.0909. The highest BCUT2D eigenvalue weighted by atomic mass is 32.1. The highest BCUT2D eigenvalue weighted by Gasteiger charge is 2.12. The first kappa shape index (κ1) is 16.3. The predicted octanol–water partition coefficient (Wildman–Crippen LogP) is 4.41. The number of hydrogen-bond donors (Lipinski definition) is 0. The molecule has 0 atom stereocenters. The molecule has 0 aliphatic heterocycles. The maximum atomic E-state index is 13.4. The molecule has 4 heteroatoms. The summed E-state index contributed by atoms with van der Waals surface area (Å²) in [6, 6.07) is 17.7. The van der Waals surface area contributed by atoms with Crippen molar-refractivity contribution in [3.63, 3.8) is 0 Å². The third-order valence-corrected chi connectivity index (χ3v) is 4.94. The summed E-state index contributed by atoms with van der Waals surface area (Å²) in [6.45, 7) is 2.06. The Hall–Kier alpha value is -3.16. The molecule has 26 heavy (non-hydrogen) atoms. The number of thiazole rings is 1. The molecular formula is C22H16N2OS. The fourth-order valence-electron chi connectivity index (χ4n) is 3.05. The number of rotatable bonds is 2. The largest absolute Gasteiger partial charge is 0.281 e. The zero-order valence-electron chi connectivity index (χ0n) is 14.3. The summed E-state index contributed by atoms with van der Waals surface area (Å²) in [5.41, 5.74) is 4.33. The normalized spacial score (nSPS) is 10.5. The molecular weight excluding hydrogens is 340 g/mol. The van der Waals surface area contributed by atoms with Gasteiger partial charge in [0.05, 0.1) is 22.0 Å². The van der Waals surface area contributed by atoms with Gasteiger partial charge in [-0.2, -0.15) is 0 Å². The molecule has 2 aromatic heterocycles. The first-order valence-electron chi connectivity index (χ1n) is 8.41. The molecule has 0 aliphatic rings. The summed E-state index contributed by atoms with van der Waals surface area (Å²) in [5, 5.41) is 1.58. The Morgan fingerprint density at radius 3 is 2.65 bits per heavy atom. The van der Waals surface area contributed by atoms with Gasteiger partial charge in [-0.3, -0.25) is 14.3 Å². The van der Waals surface area contributed by atoms with Crippen molar-refractivity contribution in [3.8, 4) is 17.5 Å². The molecule has 4 aromatic rings. The van der Waals surface area contributed by atoms with Crippen molar-refractivity contribution in [1.82, 2.24) is 9.55 Å². The molecule has 2 aromatic carbocycles. The lowest BCUT2D eigenvalue weighted by Crippen LogP contribution is -2.22. The van der Waals surface area contributed by atoms with Crippen molar-refractivity contribution in [2.24, 2.45) is 0 Å². The lowest BCUT2D eigenvalue weighted by atomic mass is 10.0. The molecule has 0 saturated carbocycles. The maximum Gasteiger partial charge on any atom is 0.264 e. The van der Waals surface area contributed by atoms with Crippen molar-refractivity contribution < 1.29 is 0 Å². The maximum absolute atomic E-state index is 13.4. The Morgan fingerprint density at radius 2 is 1.92 bits per heavy atom. The molecule has 0 saturated heterocycles. The molecule has 0 fully saturated rings. The molecule has 0 N–H and O–H groups in total. The quantitative estimate of drug-likeness (QED) is 0.499. The van der Waals surface area contributed by atoms with Crippen molar-refractivity contribution in [2.45, 2.75) is 13.3 Å². The number of pyridine rings is 1. The number of para-hydroxylation sites is 1. The van der Waals surface area contributed by atoms with Crippen LogP contribution in [0.2, 0.25) is 0 Å². The fourth-order valence-corrected chi connectivity index (χ4v) is 3.51. The molecule has 0 unspecified atom stereocenters. The first-order chi connectivity index (χ1) is 12.8. The standard InChI is InChI=1S/C22H16N2OS/c1-2-18-13-17-8-6-7-16(11-12-20-14-23-15-26-20)21(17)22(25)24(18)19-9-4-3-5-10-19/h3-10,13-15H,2H2,1H3. The van der Waals surface area contributed by atoms with Crippen molar-refractivity contribution in [3.05, 3.63) is 92.8 Å². The van der Waals surface area contributed by atoms with Crippen LogP contribution in [0.5, 0.6) is 0 Å². The van der Waals surface area contributed by atoms with E-state index in [9.17, 15) is 4.79 Å². The third kappa shape index (κ3) is 2.94. The summed E-state index contributed by atoms with van der Waals surface area (Å²) >= 11 is 1.49. The smallest absolute Gasteiger partial charge is 0.264 e. The van der Waals surface area contributed by atoms with Crippen LogP contribution in [0.3, 0.4) is 0 Å². The highest BCUT2D eigenvalue weighted by Crippen LogP contribution is 2.19. The Labute approximate surface area is 155 Å². The summed E-state index contributed by atoms with van der Waals surface area (Å²) in [4.78, 5) is 18.3. The Kier molecular flexibility index (Phi) is 4.39. The number of aryl methyl sites for hydroxylation is 1. The minimum atomic E-state index is -0.0280. The van der Waals surface area contributed by atoms with Crippen LogP contribution in [0, 0.1) is 11.8 Å². The zero-order valence-corrected chi connectivity index (χ0v) is 15.1. The van der Waals surface area contributed by atoms with Crippen LogP contribution < -0.4 is 5.56 Å². The van der Waals surface area contributed by atoms with E-state index in [2.05, 4.69) is 29.8 Å². The van der Waals surface area contributed by atoms with E-state index in [-0.39, 0.29) is 5.56 Å². The van der Waals surface area contributed by atoms with Crippen LogP contribution in [-0.4, -0.2) is 9.55 Å². The predicted molar refractivity (Wildman–Crippen MR) is 107 cm³/mol. The van der Waals surface area contributed by atoms with Crippen LogP contribution in [0.4, 0.5) is 0 Å². The molecule has 0 amide bonds. The van der Waals surface area contributed by atoms with Crippen LogP contribution >= 0.6 is 11.3 Å². The van der Waals surface area contributed by atoms with E-state index >= 15 is 0 Å². The van der Waals surface area contributed by atoms with E-state index in [1.54, 1.807) is 16.3 Å². The molecule has 4 rings (SSSR count). The topological polar surface area (TPSA) is 34.9 Å². The van der Waals surface area contributed by atoms with Gasteiger partial charge in [0.15, 0.2) is 0 Å². The summed E-state index contributed by atoms with van der Waals surface area (Å²) in [7, 11) is 0. The summed E-state index contributed by atoms with van der Waals surface area (Å²) < 4.78 is 1.79. The molecule has 0 radical (unpaired) electrons. The second-order valence-corrected chi connectivity index (χ2v) is 6.74. The van der Waals surface area contributed by atoms with Crippen molar-refractivity contribution >= 4 is 22.1 Å². The average Bonchev–Trinajstić information content (AvgIpc) is 3.20. The Bertz CT molecular complexity index is 1180. The number of fused-ring (bicyclic) bond motifs is 1. The van der Waals surface area contributed by atoms with Gasteiger partial charge in [0.1, 0.15) is 0 Å². The van der Waals surface area contributed by atoms with E-state index in [4.69, 9.17) is 0 Å². The van der Waals surface area contributed by atoms with E-state index < -0.39 is 0 Å². The monoisotopic (exact) mass is 356 g/mol. The van der Waals surface area contributed by atoms with Gasteiger partial charge >= 0.3 is 0 Å². The third-order valence-electron chi connectivity index (χ3n) is 4.25. The van der Waals surface area contributed by atoms with Gasteiger partial charge in [-0.25, -0.2) is 0 Å². The first-order valence-corrected chi connectivity index (χ1v) is 9.29. The molecule has 0 aliphatic carbocycles. The van der Waals surface area contributed by atoms with Crippen molar-refractivity contribution in [2.75, 3.05) is 0 Å². The van der Waals surface area contributed by atoms with E-state index in [1.807, 2.05) is 48.5 Å². The number of hydrogen-bond acceptors (Lipinski definition) is 3. The Morgan fingerprint density at radius 1 is 1.08 bits per heavy atom. The lowest BCUT2D eigenvalue weighted by Gasteiger charge is -2.14.